The molecule has 0 atom stereocenters. The molecule has 0 fully saturated rings. The molecule has 0 aliphatic rings. The van der Waals surface area contributed by atoms with Crippen molar-refractivity contribution in [3.05, 3.63) is 88.9 Å². The Morgan fingerprint density at radius 3 is 2.37 bits per heavy atom. The van der Waals surface area contributed by atoms with Gasteiger partial charge >= 0.3 is 0 Å². The Morgan fingerprint density at radius 1 is 0.900 bits per heavy atom. The zero-order valence-corrected chi connectivity index (χ0v) is 16.9. The molecular weight excluding hydrogens is 396 g/mol. The Kier molecular flexibility index (Phi) is 4.45. The second-order valence-electron chi connectivity index (χ2n) is 7.04. The van der Waals surface area contributed by atoms with E-state index in [-0.39, 0.29) is 5.91 Å². The van der Waals surface area contributed by atoms with E-state index in [9.17, 15) is 4.79 Å². The normalized spacial score (nSPS) is 11.1. The summed E-state index contributed by atoms with van der Waals surface area (Å²) >= 11 is 6.04. The van der Waals surface area contributed by atoms with Gasteiger partial charge in [0.2, 0.25) is 5.95 Å². The molecule has 0 spiro atoms. The average Bonchev–Trinajstić information content (AvgIpc) is 3.16. The van der Waals surface area contributed by atoms with E-state index in [0.29, 0.717) is 16.5 Å². The van der Waals surface area contributed by atoms with Crippen molar-refractivity contribution in [3.8, 4) is 11.3 Å². The number of benzene rings is 3. The number of hydrogen-bond donors (Lipinski definition) is 2. The molecule has 5 aromatic rings. The third kappa shape index (κ3) is 3.19. The number of hydrogen-bond acceptors (Lipinski definition) is 3. The van der Waals surface area contributed by atoms with Crippen molar-refractivity contribution in [3.63, 3.8) is 0 Å². The molecule has 0 saturated carbocycles. The minimum atomic E-state index is -0.236. The molecule has 5 rings (SSSR count). The molecule has 3 aromatic carbocycles. The number of nitrogens with one attached hydrogen (secondary N) is 2. The fourth-order valence-corrected chi connectivity index (χ4v) is 3.80. The number of fused-ring (bicyclic) bond motifs is 2. The van der Waals surface area contributed by atoms with E-state index in [0.717, 1.165) is 38.8 Å². The number of carbonyl (C=O) groups excluding carboxylic acids is 1. The largest absolute Gasteiger partial charge is 0.324 e. The SMILES string of the molecule is Cc1c(-c2ccc(Cl)cc2)nc2ccccc2c1C(=O)Nc1nc2ccccc2[nH]1. The van der Waals surface area contributed by atoms with Crippen LogP contribution >= 0.6 is 11.6 Å². The number of aromatic amines is 1. The number of imidazole rings is 1. The van der Waals surface area contributed by atoms with Crippen molar-refractivity contribution in [2.75, 3.05) is 5.32 Å². The Morgan fingerprint density at radius 2 is 1.60 bits per heavy atom. The summed E-state index contributed by atoms with van der Waals surface area (Å²) in [5.74, 6) is 0.176. The number of rotatable bonds is 3. The van der Waals surface area contributed by atoms with Crippen molar-refractivity contribution in [2.24, 2.45) is 0 Å². The summed E-state index contributed by atoms with van der Waals surface area (Å²) in [6.45, 7) is 1.91. The molecule has 2 N–H and O–H groups in total. The van der Waals surface area contributed by atoms with Crippen LogP contribution in [0, 0.1) is 6.92 Å². The molecule has 0 saturated heterocycles. The quantitative estimate of drug-likeness (QED) is 0.382. The van der Waals surface area contributed by atoms with Crippen LogP contribution in [-0.4, -0.2) is 20.9 Å². The lowest BCUT2D eigenvalue weighted by Gasteiger charge is -2.14. The maximum absolute atomic E-state index is 13.3. The van der Waals surface area contributed by atoms with Gasteiger partial charge in [-0.1, -0.05) is 54.1 Å². The van der Waals surface area contributed by atoms with Gasteiger partial charge in [0.05, 0.1) is 27.8 Å². The third-order valence-electron chi connectivity index (χ3n) is 5.10. The van der Waals surface area contributed by atoms with E-state index >= 15 is 0 Å². The van der Waals surface area contributed by atoms with Crippen LogP contribution in [0.5, 0.6) is 0 Å². The van der Waals surface area contributed by atoms with E-state index in [4.69, 9.17) is 16.6 Å². The van der Waals surface area contributed by atoms with Crippen LogP contribution in [0.25, 0.3) is 33.2 Å². The first-order valence-corrected chi connectivity index (χ1v) is 9.89. The third-order valence-corrected chi connectivity index (χ3v) is 5.35. The highest BCUT2D eigenvalue weighted by Gasteiger charge is 2.20. The zero-order valence-electron chi connectivity index (χ0n) is 16.1. The van der Waals surface area contributed by atoms with Gasteiger partial charge in [-0.15, -0.1) is 0 Å². The summed E-state index contributed by atoms with van der Waals surface area (Å²) in [5, 5.41) is 4.36. The first-order valence-electron chi connectivity index (χ1n) is 9.51. The van der Waals surface area contributed by atoms with Gasteiger partial charge in [0, 0.05) is 16.0 Å². The fraction of sp³-hybridized carbons (Fsp3) is 0.0417. The van der Waals surface area contributed by atoms with Crippen LogP contribution in [0.2, 0.25) is 5.02 Å². The monoisotopic (exact) mass is 412 g/mol. The Bertz CT molecular complexity index is 1370. The molecule has 2 aromatic heterocycles. The zero-order chi connectivity index (χ0) is 20.7. The van der Waals surface area contributed by atoms with Crippen LogP contribution in [0.4, 0.5) is 5.95 Å². The summed E-state index contributed by atoms with van der Waals surface area (Å²) in [5.41, 5.74) is 5.44. The average molecular weight is 413 g/mol. The van der Waals surface area contributed by atoms with E-state index < -0.39 is 0 Å². The predicted molar refractivity (Wildman–Crippen MR) is 121 cm³/mol. The van der Waals surface area contributed by atoms with Crippen molar-refractivity contribution in [1.82, 2.24) is 15.0 Å². The van der Waals surface area contributed by atoms with Crippen LogP contribution in [0.3, 0.4) is 0 Å². The minimum Gasteiger partial charge on any atom is -0.324 e. The van der Waals surface area contributed by atoms with Crippen LogP contribution in [-0.2, 0) is 0 Å². The second kappa shape index (κ2) is 7.28. The number of amides is 1. The molecule has 0 bridgehead atoms. The number of carbonyl (C=O) groups is 1. The number of halogens is 1. The molecule has 6 heteroatoms. The fourth-order valence-electron chi connectivity index (χ4n) is 3.67. The number of pyridine rings is 1. The summed E-state index contributed by atoms with van der Waals surface area (Å²) < 4.78 is 0. The molecule has 30 heavy (non-hydrogen) atoms. The first kappa shape index (κ1) is 18.3. The molecule has 1 amide bonds. The van der Waals surface area contributed by atoms with E-state index in [1.807, 2.05) is 79.7 Å². The Labute approximate surface area is 177 Å². The summed E-state index contributed by atoms with van der Waals surface area (Å²) in [7, 11) is 0. The highest BCUT2D eigenvalue weighted by atomic mass is 35.5. The maximum Gasteiger partial charge on any atom is 0.259 e. The number of nitrogens with zero attached hydrogens (tertiary/aromatic N) is 2. The maximum atomic E-state index is 13.3. The van der Waals surface area contributed by atoms with Crippen LogP contribution < -0.4 is 5.32 Å². The minimum absolute atomic E-state index is 0.236. The van der Waals surface area contributed by atoms with Crippen molar-refractivity contribution < 1.29 is 4.79 Å². The molecule has 5 nitrogen and oxygen atoms in total. The van der Waals surface area contributed by atoms with Crippen LogP contribution in [0.15, 0.2) is 72.8 Å². The molecular formula is C24H17ClN4O. The van der Waals surface area contributed by atoms with Gasteiger partial charge in [0.25, 0.3) is 5.91 Å². The lowest BCUT2D eigenvalue weighted by Crippen LogP contribution is -2.16. The number of anilines is 1. The molecule has 146 valence electrons. The summed E-state index contributed by atoms with van der Waals surface area (Å²) in [6, 6.07) is 22.8. The van der Waals surface area contributed by atoms with E-state index in [1.165, 1.54) is 0 Å². The van der Waals surface area contributed by atoms with Crippen LogP contribution in [0.1, 0.15) is 15.9 Å². The van der Waals surface area contributed by atoms with Gasteiger partial charge in [-0.25, -0.2) is 9.97 Å². The van der Waals surface area contributed by atoms with Gasteiger partial charge in [-0.2, -0.15) is 0 Å². The molecule has 0 radical (unpaired) electrons. The van der Waals surface area contributed by atoms with E-state index in [2.05, 4.69) is 15.3 Å². The standard InChI is InChI=1S/C24H17ClN4O/c1-14-21(23(30)29-24-27-19-8-4-5-9-20(19)28-24)17-6-2-3-7-18(17)26-22(14)15-10-12-16(25)13-11-15/h2-13H,1H3,(H2,27,28,29,30). The highest BCUT2D eigenvalue weighted by molar-refractivity contribution is 6.30. The highest BCUT2D eigenvalue weighted by Crippen LogP contribution is 2.31. The summed E-state index contributed by atoms with van der Waals surface area (Å²) in [4.78, 5) is 25.8. The number of para-hydroxylation sites is 3. The number of aromatic nitrogens is 3. The van der Waals surface area contributed by atoms with Gasteiger partial charge in [-0.3, -0.25) is 10.1 Å². The Balaban J connectivity index is 1.64. The van der Waals surface area contributed by atoms with E-state index in [1.54, 1.807) is 0 Å². The first-order chi connectivity index (χ1) is 14.6. The Hall–Kier alpha value is -3.70. The lowest BCUT2D eigenvalue weighted by molar-refractivity contribution is 0.102. The number of H-pyrrole nitrogens is 1. The molecule has 0 aliphatic heterocycles. The predicted octanol–water partition coefficient (Wildman–Crippen LogP) is 5.99. The van der Waals surface area contributed by atoms with Gasteiger partial charge in [0.15, 0.2) is 0 Å². The molecule has 0 aliphatic carbocycles. The smallest absolute Gasteiger partial charge is 0.259 e. The molecule has 0 unspecified atom stereocenters. The lowest BCUT2D eigenvalue weighted by atomic mass is 9.97. The topological polar surface area (TPSA) is 70.7 Å². The van der Waals surface area contributed by atoms with Gasteiger partial charge in [0.1, 0.15) is 0 Å². The van der Waals surface area contributed by atoms with Crippen molar-refractivity contribution >= 4 is 45.4 Å². The molecule has 2 heterocycles. The second-order valence-corrected chi connectivity index (χ2v) is 7.48. The van der Waals surface area contributed by atoms with Gasteiger partial charge in [-0.05, 0) is 42.8 Å². The van der Waals surface area contributed by atoms with Crippen molar-refractivity contribution in [1.29, 1.82) is 0 Å². The van der Waals surface area contributed by atoms with Gasteiger partial charge < -0.3 is 4.98 Å². The summed E-state index contributed by atoms with van der Waals surface area (Å²) in [6.07, 6.45) is 0. The van der Waals surface area contributed by atoms with Crippen molar-refractivity contribution in [2.45, 2.75) is 6.92 Å².